The number of fused-ring (bicyclic) bond motifs is 1. The Bertz CT molecular complexity index is 1130. The molecule has 0 spiro atoms. The highest BCUT2D eigenvalue weighted by molar-refractivity contribution is 7.22. The summed E-state index contributed by atoms with van der Waals surface area (Å²) >= 11 is 1.50. The molecule has 4 N–H and O–H groups in total. The number of carbonyl (C=O) groups is 1. The average molecular weight is 392 g/mol. The van der Waals surface area contributed by atoms with E-state index in [9.17, 15) is 4.79 Å². The molecule has 0 atom stereocenters. The number of thiazole rings is 1. The van der Waals surface area contributed by atoms with Crippen LogP contribution in [0.5, 0.6) is 0 Å². The van der Waals surface area contributed by atoms with Gasteiger partial charge in [-0.2, -0.15) is 0 Å². The number of methoxy groups -OCH3 is 1. The zero-order valence-electron chi connectivity index (χ0n) is 14.8. The number of nitrogens with two attached hydrogens (primary N) is 1. The lowest BCUT2D eigenvalue weighted by atomic mass is 10.2. The Morgan fingerprint density at radius 3 is 2.54 bits per heavy atom. The smallest absolute Gasteiger partial charge is 0.339 e. The van der Waals surface area contributed by atoms with Gasteiger partial charge in [0.1, 0.15) is 12.0 Å². The van der Waals surface area contributed by atoms with Crippen molar-refractivity contribution < 1.29 is 9.53 Å². The van der Waals surface area contributed by atoms with Gasteiger partial charge in [0.15, 0.2) is 16.8 Å². The lowest BCUT2D eigenvalue weighted by molar-refractivity contribution is 0.0602. The van der Waals surface area contributed by atoms with E-state index < -0.39 is 5.97 Å². The van der Waals surface area contributed by atoms with Crippen molar-refractivity contribution in [3.63, 3.8) is 0 Å². The Hall–Kier alpha value is -3.72. The van der Waals surface area contributed by atoms with Crippen LogP contribution in [0.4, 0.5) is 28.1 Å². The molecule has 8 nitrogen and oxygen atoms in total. The van der Waals surface area contributed by atoms with Gasteiger partial charge in [-0.25, -0.2) is 19.7 Å². The first-order valence-corrected chi connectivity index (χ1v) is 9.15. The summed E-state index contributed by atoms with van der Waals surface area (Å²) in [5.41, 5.74) is 8.36. The third-order valence-corrected chi connectivity index (χ3v) is 4.94. The second-order valence-corrected chi connectivity index (χ2v) is 6.79. The fourth-order valence-electron chi connectivity index (χ4n) is 2.63. The monoisotopic (exact) mass is 392 g/mol. The van der Waals surface area contributed by atoms with Crippen LogP contribution < -0.4 is 16.4 Å². The lowest BCUT2D eigenvalue weighted by Gasteiger charge is -2.13. The molecule has 4 aromatic rings. The molecule has 2 aromatic heterocycles. The van der Waals surface area contributed by atoms with Crippen molar-refractivity contribution in [3.8, 4) is 0 Å². The van der Waals surface area contributed by atoms with E-state index in [2.05, 4.69) is 25.6 Å². The molecule has 0 fully saturated rings. The van der Waals surface area contributed by atoms with Crippen LogP contribution in [0.2, 0.25) is 0 Å². The zero-order chi connectivity index (χ0) is 19.5. The quantitative estimate of drug-likeness (QED) is 0.438. The van der Waals surface area contributed by atoms with Crippen LogP contribution >= 0.6 is 11.3 Å². The fourth-order valence-corrected chi connectivity index (χ4v) is 3.49. The molecule has 0 aliphatic rings. The topological polar surface area (TPSA) is 115 Å². The Morgan fingerprint density at radius 1 is 1.04 bits per heavy atom. The summed E-state index contributed by atoms with van der Waals surface area (Å²) in [5.74, 6) is 0.339. The second-order valence-electron chi connectivity index (χ2n) is 5.76. The molecule has 4 rings (SSSR count). The van der Waals surface area contributed by atoms with Crippen molar-refractivity contribution in [1.29, 1.82) is 0 Å². The first-order valence-electron chi connectivity index (χ1n) is 8.33. The van der Waals surface area contributed by atoms with Gasteiger partial charge < -0.3 is 21.1 Å². The Morgan fingerprint density at radius 2 is 1.75 bits per heavy atom. The highest BCUT2D eigenvalue weighted by atomic mass is 32.1. The minimum atomic E-state index is -0.455. The number of carbonyl (C=O) groups excluding carboxylic acids is 1. The summed E-state index contributed by atoms with van der Waals surface area (Å²) in [6.07, 6.45) is 1.38. The molecule has 0 unspecified atom stereocenters. The van der Waals surface area contributed by atoms with E-state index in [1.54, 1.807) is 24.3 Å². The van der Waals surface area contributed by atoms with Crippen molar-refractivity contribution in [2.75, 3.05) is 23.5 Å². The number of para-hydroxylation sites is 2. The molecule has 0 bridgehead atoms. The van der Waals surface area contributed by atoms with Gasteiger partial charge in [0, 0.05) is 0 Å². The molecule has 2 aromatic carbocycles. The number of hydrogen-bond donors (Lipinski definition) is 3. The maximum absolute atomic E-state index is 12.0. The SMILES string of the molecule is COC(=O)c1ccccc1Nc1ncnc(Nc2nc3ccccc3s2)c1N. The Labute approximate surface area is 164 Å². The molecule has 9 heteroatoms. The molecule has 28 heavy (non-hydrogen) atoms. The minimum Gasteiger partial charge on any atom is -0.465 e. The number of hydrogen-bond acceptors (Lipinski definition) is 9. The van der Waals surface area contributed by atoms with Gasteiger partial charge in [0.2, 0.25) is 0 Å². The van der Waals surface area contributed by atoms with E-state index in [0.717, 1.165) is 10.2 Å². The average Bonchev–Trinajstić information content (AvgIpc) is 3.13. The molecule has 0 aliphatic carbocycles. The second kappa shape index (κ2) is 7.49. The molecule has 140 valence electrons. The minimum absolute atomic E-state index is 0.307. The number of esters is 1. The van der Waals surface area contributed by atoms with E-state index in [-0.39, 0.29) is 0 Å². The van der Waals surface area contributed by atoms with Crippen LogP contribution in [0.1, 0.15) is 10.4 Å². The predicted octanol–water partition coefficient (Wildman–Crippen LogP) is 3.94. The maximum atomic E-state index is 12.0. The maximum Gasteiger partial charge on any atom is 0.339 e. The number of aromatic nitrogens is 3. The number of ether oxygens (including phenoxy) is 1. The van der Waals surface area contributed by atoms with Crippen LogP contribution in [0.3, 0.4) is 0 Å². The summed E-state index contributed by atoms with van der Waals surface area (Å²) in [6, 6.07) is 14.8. The number of nitrogens with one attached hydrogen (secondary N) is 2. The van der Waals surface area contributed by atoms with Gasteiger partial charge in [-0.1, -0.05) is 35.6 Å². The molecule has 2 heterocycles. The van der Waals surface area contributed by atoms with Crippen LogP contribution in [-0.4, -0.2) is 28.0 Å². The summed E-state index contributed by atoms with van der Waals surface area (Å²) in [5, 5.41) is 6.88. The van der Waals surface area contributed by atoms with Crippen molar-refractivity contribution in [3.05, 3.63) is 60.4 Å². The highest BCUT2D eigenvalue weighted by Crippen LogP contribution is 2.32. The van der Waals surface area contributed by atoms with Gasteiger partial charge in [0.25, 0.3) is 0 Å². The van der Waals surface area contributed by atoms with Gasteiger partial charge in [-0.15, -0.1) is 0 Å². The van der Waals surface area contributed by atoms with Crippen LogP contribution in [0, 0.1) is 0 Å². The van der Waals surface area contributed by atoms with E-state index >= 15 is 0 Å². The summed E-state index contributed by atoms with van der Waals surface area (Å²) in [7, 11) is 1.33. The number of nitrogens with zero attached hydrogens (tertiary/aromatic N) is 3. The Kier molecular flexibility index (Phi) is 4.73. The van der Waals surface area contributed by atoms with Crippen molar-refractivity contribution in [2.24, 2.45) is 0 Å². The van der Waals surface area contributed by atoms with Crippen LogP contribution in [-0.2, 0) is 4.74 Å². The molecular formula is C19H16N6O2S. The molecule has 0 radical (unpaired) electrons. The summed E-state index contributed by atoms with van der Waals surface area (Å²) in [4.78, 5) is 24.9. The zero-order valence-corrected chi connectivity index (χ0v) is 15.7. The van der Waals surface area contributed by atoms with Gasteiger partial charge >= 0.3 is 5.97 Å². The van der Waals surface area contributed by atoms with E-state index in [1.165, 1.54) is 24.8 Å². The van der Waals surface area contributed by atoms with Crippen molar-refractivity contribution >= 4 is 55.7 Å². The Balaban J connectivity index is 1.63. The number of anilines is 5. The first-order chi connectivity index (χ1) is 13.7. The molecule has 0 saturated heterocycles. The van der Waals surface area contributed by atoms with Crippen LogP contribution in [0.15, 0.2) is 54.9 Å². The van der Waals surface area contributed by atoms with E-state index in [0.29, 0.717) is 33.7 Å². The van der Waals surface area contributed by atoms with Crippen molar-refractivity contribution in [1.82, 2.24) is 15.0 Å². The third kappa shape index (κ3) is 3.42. The standard InChI is InChI=1S/C19H16N6O2S/c1-27-18(26)11-6-2-3-7-12(11)23-16-15(20)17(22-10-21-16)25-19-24-13-8-4-5-9-14(13)28-19/h2-10H,20H2,1H3,(H2,21,22,23,24,25). The van der Waals surface area contributed by atoms with Crippen molar-refractivity contribution in [2.45, 2.75) is 0 Å². The normalized spacial score (nSPS) is 10.6. The molecule has 0 aliphatic heterocycles. The van der Waals surface area contributed by atoms with Crippen LogP contribution in [0.25, 0.3) is 10.2 Å². The molecule has 0 amide bonds. The fraction of sp³-hybridized carbons (Fsp3) is 0.0526. The van der Waals surface area contributed by atoms with Gasteiger partial charge in [-0.05, 0) is 24.3 Å². The van der Waals surface area contributed by atoms with Gasteiger partial charge in [-0.3, -0.25) is 0 Å². The number of nitrogen functional groups attached to an aromatic ring is 1. The number of rotatable bonds is 5. The molecule has 0 saturated carbocycles. The summed E-state index contributed by atoms with van der Waals surface area (Å²) in [6.45, 7) is 0. The predicted molar refractivity (Wildman–Crippen MR) is 110 cm³/mol. The number of benzene rings is 2. The first kappa shape index (κ1) is 17.7. The van der Waals surface area contributed by atoms with E-state index in [4.69, 9.17) is 10.5 Å². The lowest BCUT2D eigenvalue weighted by Crippen LogP contribution is -2.08. The molecular weight excluding hydrogens is 376 g/mol. The van der Waals surface area contributed by atoms with Gasteiger partial charge in [0.05, 0.1) is 28.6 Å². The summed E-state index contributed by atoms with van der Waals surface area (Å²) < 4.78 is 5.87. The van der Waals surface area contributed by atoms with E-state index in [1.807, 2.05) is 24.3 Å². The largest absolute Gasteiger partial charge is 0.465 e. The third-order valence-electron chi connectivity index (χ3n) is 3.99. The highest BCUT2D eigenvalue weighted by Gasteiger charge is 2.15.